The maximum atomic E-state index is 13.8. The molecular weight excluding hydrogens is 432 g/mol. The number of carbonyl (C=O) groups is 3. The number of hydrogen-bond acceptors (Lipinski definition) is 5. The highest BCUT2D eigenvalue weighted by Crippen LogP contribution is 2.65. The number of nitrogens with zero attached hydrogens (tertiary/aromatic N) is 2. The average molecular weight is 459 g/mol. The minimum atomic E-state index is -0.345. The maximum Gasteiger partial charge on any atom is 0.260 e. The SMILES string of the molecule is COc1cccc(C(=O)N(CN2C(=O)[C@@H]3[C@H]4C=C[C@@H]([C@@H]5C[C@H]45)[C@@H]3C2=O)c2ccccc2OC)c1. The summed E-state index contributed by atoms with van der Waals surface area (Å²) >= 11 is 0. The Labute approximate surface area is 197 Å². The molecule has 7 rings (SSSR count). The molecule has 2 aromatic rings. The fourth-order valence-electron chi connectivity index (χ4n) is 6.31. The smallest absolute Gasteiger partial charge is 0.260 e. The molecule has 1 heterocycles. The molecule has 1 aliphatic heterocycles. The highest BCUT2D eigenvalue weighted by molar-refractivity contribution is 6.10. The molecule has 4 aliphatic carbocycles. The molecule has 0 unspecified atom stereocenters. The van der Waals surface area contributed by atoms with Crippen LogP contribution in [-0.4, -0.2) is 43.5 Å². The summed E-state index contributed by atoms with van der Waals surface area (Å²) in [5.74, 6) is 1.05. The Morgan fingerprint density at radius 3 is 2.26 bits per heavy atom. The second kappa shape index (κ2) is 7.72. The first-order valence-corrected chi connectivity index (χ1v) is 11.7. The van der Waals surface area contributed by atoms with E-state index < -0.39 is 0 Å². The largest absolute Gasteiger partial charge is 0.497 e. The van der Waals surface area contributed by atoms with Gasteiger partial charge in [-0.25, -0.2) is 0 Å². The fourth-order valence-corrected chi connectivity index (χ4v) is 6.31. The summed E-state index contributed by atoms with van der Waals surface area (Å²) in [5, 5.41) is 0. The van der Waals surface area contributed by atoms with Gasteiger partial charge >= 0.3 is 0 Å². The Morgan fingerprint density at radius 1 is 0.941 bits per heavy atom. The van der Waals surface area contributed by atoms with Crippen molar-refractivity contribution in [3.05, 3.63) is 66.2 Å². The van der Waals surface area contributed by atoms with E-state index in [4.69, 9.17) is 9.47 Å². The van der Waals surface area contributed by atoms with Crippen LogP contribution in [0.5, 0.6) is 11.5 Å². The van der Waals surface area contributed by atoms with Crippen molar-refractivity contribution in [1.29, 1.82) is 0 Å². The molecule has 2 aromatic carbocycles. The van der Waals surface area contributed by atoms with Gasteiger partial charge in [0, 0.05) is 5.56 Å². The Morgan fingerprint density at radius 2 is 1.62 bits per heavy atom. The fraction of sp³-hybridized carbons (Fsp3) is 0.370. The van der Waals surface area contributed by atoms with Crippen molar-refractivity contribution in [3.8, 4) is 11.5 Å². The molecule has 3 amide bonds. The third-order valence-electron chi connectivity index (χ3n) is 7.97. The molecule has 0 aromatic heterocycles. The van der Waals surface area contributed by atoms with Crippen LogP contribution in [0.2, 0.25) is 0 Å². The third kappa shape index (κ3) is 2.99. The normalized spacial score (nSPS) is 30.1. The zero-order valence-corrected chi connectivity index (χ0v) is 19.1. The van der Waals surface area contributed by atoms with Gasteiger partial charge in [0.15, 0.2) is 0 Å². The molecule has 1 saturated heterocycles. The zero-order chi connectivity index (χ0) is 23.6. The van der Waals surface area contributed by atoms with Crippen molar-refractivity contribution in [2.24, 2.45) is 35.5 Å². The monoisotopic (exact) mass is 458 g/mol. The van der Waals surface area contributed by atoms with Gasteiger partial charge in [0.2, 0.25) is 11.8 Å². The number of benzene rings is 2. The van der Waals surface area contributed by atoms with Gasteiger partial charge < -0.3 is 9.47 Å². The predicted molar refractivity (Wildman–Crippen MR) is 124 cm³/mol. The van der Waals surface area contributed by atoms with E-state index in [0.717, 1.165) is 6.42 Å². The summed E-state index contributed by atoms with van der Waals surface area (Å²) < 4.78 is 10.8. The number of amides is 3. The van der Waals surface area contributed by atoms with Gasteiger partial charge in [-0.3, -0.25) is 24.2 Å². The van der Waals surface area contributed by atoms with Crippen LogP contribution in [0.3, 0.4) is 0 Å². The Balaban J connectivity index is 1.37. The number of allylic oxidation sites excluding steroid dienone is 2. The van der Waals surface area contributed by atoms with Crippen molar-refractivity contribution in [2.45, 2.75) is 6.42 Å². The van der Waals surface area contributed by atoms with Crippen LogP contribution in [0.4, 0.5) is 5.69 Å². The minimum Gasteiger partial charge on any atom is -0.497 e. The molecule has 174 valence electrons. The molecule has 3 fully saturated rings. The Bertz CT molecular complexity index is 1190. The van der Waals surface area contributed by atoms with E-state index in [9.17, 15) is 14.4 Å². The van der Waals surface area contributed by atoms with Gasteiger partial charge in [-0.05, 0) is 60.4 Å². The average Bonchev–Trinajstić information content (AvgIpc) is 3.67. The number of anilines is 1. The van der Waals surface area contributed by atoms with E-state index >= 15 is 0 Å². The van der Waals surface area contributed by atoms with Gasteiger partial charge in [-0.1, -0.05) is 30.4 Å². The molecule has 5 aliphatic rings. The highest BCUT2D eigenvalue weighted by atomic mass is 16.5. The van der Waals surface area contributed by atoms with Gasteiger partial charge in [0.25, 0.3) is 5.91 Å². The number of ether oxygens (including phenoxy) is 2. The molecule has 6 atom stereocenters. The number of likely N-dealkylation sites (tertiary alicyclic amines) is 1. The Hall–Kier alpha value is -3.61. The quantitative estimate of drug-likeness (QED) is 0.490. The van der Waals surface area contributed by atoms with E-state index in [1.54, 1.807) is 42.5 Å². The number of carbonyl (C=O) groups excluding carboxylic acids is 3. The van der Waals surface area contributed by atoms with Crippen LogP contribution in [0.25, 0.3) is 0 Å². The number of para-hydroxylation sites is 2. The number of rotatable bonds is 6. The molecule has 7 nitrogen and oxygen atoms in total. The number of hydrogen-bond donors (Lipinski definition) is 0. The molecular formula is C27H26N2O5. The van der Waals surface area contributed by atoms with E-state index in [2.05, 4.69) is 12.2 Å². The van der Waals surface area contributed by atoms with Crippen LogP contribution in [0.1, 0.15) is 16.8 Å². The molecule has 0 spiro atoms. The van der Waals surface area contributed by atoms with Crippen molar-refractivity contribution in [3.63, 3.8) is 0 Å². The molecule has 2 bridgehead atoms. The molecule has 7 heteroatoms. The first kappa shape index (κ1) is 21.0. The van der Waals surface area contributed by atoms with E-state index in [-0.39, 0.29) is 48.1 Å². The summed E-state index contributed by atoms with van der Waals surface area (Å²) in [6.07, 6.45) is 5.40. The lowest BCUT2D eigenvalue weighted by Gasteiger charge is -2.37. The number of imide groups is 1. The lowest BCUT2D eigenvalue weighted by molar-refractivity contribution is -0.140. The molecule has 34 heavy (non-hydrogen) atoms. The summed E-state index contributed by atoms with van der Waals surface area (Å²) in [7, 11) is 3.07. The van der Waals surface area contributed by atoms with Gasteiger partial charge in [0.05, 0.1) is 31.7 Å². The van der Waals surface area contributed by atoms with E-state index in [1.165, 1.54) is 24.0 Å². The molecule has 0 N–H and O–H groups in total. The molecule has 2 saturated carbocycles. The molecule has 0 radical (unpaired) electrons. The standard InChI is InChI=1S/C27H26N2O5/c1-33-16-7-5-6-15(12-16)25(30)28(21-8-3-4-9-22(21)34-2)14-29-26(31)23-17-10-11-18(20-13-19(17)20)24(23)27(29)32/h3-12,17-20,23-24H,13-14H2,1-2H3/t17-,18-,19-,20+,23-,24+/m0/s1. The van der Waals surface area contributed by atoms with E-state index in [0.29, 0.717) is 34.6 Å². The van der Waals surface area contributed by atoms with Crippen LogP contribution >= 0.6 is 0 Å². The van der Waals surface area contributed by atoms with Crippen molar-refractivity contribution in [2.75, 3.05) is 25.8 Å². The van der Waals surface area contributed by atoms with Crippen LogP contribution in [0, 0.1) is 35.5 Å². The third-order valence-corrected chi connectivity index (χ3v) is 7.97. The van der Waals surface area contributed by atoms with Crippen molar-refractivity contribution in [1.82, 2.24) is 4.90 Å². The first-order valence-electron chi connectivity index (χ1n) is 11.7. The zero-order valence-electron chi connectivity index (χ0n) is 19.1. The summed E-state index contributed by atoms with van der Waals surface area (Å²) in [5.41, 5.74) is 0.891. The summed E-state index contributed by atoms with van der Waals surface area (Å²) in [4.78, 5) is 43.6. The van der Waals surface area contributed by atoms with Crippen molar-refractivity contribution < 1.29 is 23.9 Å². The van der Waals surface area contributed by atoms with Crippen LogP contribution < -0.4 is 14.4 Å². The lowest BCUT2D eigenvalue weighted by atomic mass is 9.63. The summed E-state index contributed by atoms with van der Waals surface area (Å²) in [6, 6.07) is 14.0. The topological polar surface area (TPSA) is 76.2 Å². The minimum absolute atomic E-state index is 0.134. The van der Waals surface area contributed by atoms with E-state index in [1.807, 2.05) is 6.07 Å². The van der Waals surface area contributed by atoms with Gasteiger partial charge in [0.1, 0.15) is 18.2 Å². The second-order valence-corrected chi connectivity index (χ2v) is 9.54. The summed E-state index contributed by atoms with van der Waals surface area (Å²) in [6.45, 7) is -0.157. The number of methoxy groups -OCH3 is 2. The van der Waals surface area contributed by atoms with Crippen LogP contribution in [0.15, 0.2) is 60.7 Å². The predicted octanol–water partition coefficient (Wildman–Crippen LogP) is 3.36. The lowest BCUT2D eigenvalue weighted by Crippen LogP contribution is -2.45. The maximum absolute atomic E-state index is 13.8. The Kier molecular flexibility index (Phi) is 4.76. The van der Waals surface area contributed by atoms with Gasteiger partial charge in [-0.2, -0.15) is 0 Å². The second-order valence-electron chi connectivity index (χ2n) is 9.54. The first-order chi connectivity index (χ1) is 16.5. The van der Waals surface area contributed by atoms with Crippen molar-refractivity contribution >= 4 is 23.4 Å². The van der Waals surface area contributed by atoms with Crippen LogP contribution in [-0.2, 0) is 9.59 Å². The highest BCUT2D eigenvalue weighted by Gasteiger charge is 2.67. The van der Waals surface area contributed by atoms with Gasteiger partial charge in [-0.15, -0.1) is 0 Å².